The van der Waals surface area contributed by atoms with Gasteiger partial charge in [0.25, 0.3) is 5.91 Å². The van der Waals surface area contributed by atoms with Crippen LogP contribution in [0.3, 0.4) is 0 Å². The maximum absolute atomic E-state index is 12.3. The molecule has 0 bridgehead atoms. The van der Waals surface area contributed by atoms with Crippen molar-refractivity contribution in [3.05, 3.63) is 0 Å². The summed E-state index contributed by atoms with van der Waals surface area (Å²) in [5.41, 5.74) is 3.05. The summed E-state index contributed by atoms with van der Waals surface area (Å²) in [6.45, 7) is 1.37. The Bertz CT molecular complexity index is 568. The lowest BCUT2D eigenvalue weighted by atomic mass is 9.77. The van der Waals surface area contributed by atoms with Crippen LogP contribution in [0.25, 0.3) is 0 Å². The molecular weight excluding hydrogens is 356 g/mol. The zero-order valence-electron chi connectivity index (χ0n) is 15.5. The number of aliphatic hydroxyl groups excluding tert-OH is 2. The van der Waals surface area contributed by atoms with Crippen LogP contribution in [-0.2, 0) is 9.59 Å². The Balaban J connectivity index is 1.99. The van der Waals surface area contributed by atoms with Crippen molar-refractivity contribution in [1.29, 1.82) is 0 Å². The van der Waals surface area contributed by atoms with Gasteiger partial charge >= 0.3 is 6.03 Å². The summed E-state index contributed by atoms with van der Waals surface area (Å²) in [5.74, 6) is -1.66. The minimum atomic E-state index is -2.05. The predicted octanol–water partition coefficient (Wildman–Crippen LogP) is -1.78. The van der Waals surface area contributed by atoms with E-state index in [4.69, 9.17) is 5.73 Å². The van der Waals surface area contributed by atoms with Crippen LogP contribution in [0.15, 0.2) is 0 Å². The lowest BCUT2D eigenvalue weighted by Crippen LogP contribution is -2.65. The molecule has 2 rings (SSSR count). The van der Waals surface area contributed by atoms with Crippen LogP contribution in [-0.4, -0.2) is 69.1 Å². The third-order valence-corrected chi connectivity index (χ3v) is 5.36. The fourth-order valence-electron chi connectivity index (χ4n) is 3.67. The number of carbonyl (C=O) groups is 3. The summed E-state index contributed by atoms with van der Waals surface area (Å²) in [5, 5.41) is 38.5. The molecule has 10 nitrogen and oxygen atoms in total. The van der Waals surface area contributed by atoms with Crippen molar-refractivity contribution in [2.45, 2.75) is 87.8 Å². The molecule has 154 valence electrons. The van der Waals surface area contributed by atoms with E-state index in [1.54, 1.807) is 0 Å². The second kappa shape index (κ2) is 8.85. The van der Waals surface area contributed by atoms with Crippen molar-refractivity contribution in [2.24, 2.45) is 5.73 Å². The molecule has 0 unspecified atom stereocenters. The first kappa shape index (κ1) is 21.4. The van der Waals surface area contributed by atoms with Crippen LogP contribution >= 0.6 is 0 Å². The minimum Gasteiger partial charge on any atom is -0.390 e. The van der Waals surface area contributed by atoms with Crippen molar-refractivity contribution < 1.29 is 29.7 Å². The minimum absolute atomic E-state index is 0.0444. The number of amides is 4. The van der Waals surface area contributed by atoms with Crippen molar-refractivity contribution >= 4 is 17.8 Å². The number of urea groups is 1. The molecule has 0 heterocycles. The first-order valence-electron chi connectivity index (χ1n) is 9.38. The molecular formula is C17H30N4O6. The normalized spacial score (nSPS) is 33.0. The topological polar surface area (TPSA) is 174 Å². The van der Waals surface area contributed by atoms with Gasteiger partial charge in [-0.05, 0) is 19.8 Å². The molecule has 5 atom stereocenters. The standard InChI is InChI=1S/C17H30N4O6/c1-9(14(18)24)19-15(25)17(27)7-11(13(23)12(22)8-17)21-16(26)20-10-5-3-2-4-6-10/h9-13,22-23,27H,2-8H2,1H3,(H2,18,24)(H,19,25)(H2,20,21,26)/t9-,11+,12-,13-,17+/m1/s1. The Morgan fingerprint density at radius 1 is 1.07 bits per heavy atom. The summed E-state index contributed by atoms with van der Waals surface area (Å²) >= 11 is 0. The number of primary amides is 1. The third-order valence-electron chi connectivity index (χ3n) is 5.36. The number of nitrogens with one attached hydrogen (secondary N) is 3. The highest BCUT2D eigenvalue weighted by molar-refractivity contribution is 5.90. The summed E-state index contributed by atoms with van der Waals surface area (Å²) in [6, 6.07) is -2.51. The maximum atomic E-state index is 12.3. The van der Waals surface area contributed by atoms with Crippen LogP contribution in [0.1, 0.15) is 51.9 Å². The molecule has 0 aromatic heterocycles. The maximum Gasteiger partial charge on any atom is 0.315 e. The molecule has 2 aliphatic carbocycles. The number of nitrogens with two attached hydrogens (primary N) is 1. The molecule has 0 spiro atoms. The highest BCUT2D eigenvalue weighted by Crippen LogP contribution is 2.30. The zero-order valence-corrected chi connectivity index (χ0v) is 15.5. The molecule has 0 radical (unpaired) electrons. The Morgan fingerprint density at radius 3 is 2.30 bits per heavy atom. The van der Waals surface area contributed by atoms with Crippen molar-refractivity contribution in [3.63, 3.8) is 0 Å². The van der Waals surface area contributed by atoms with E-state index >= 15 is 0 Å². The number of carbonyl (C=O) groups excluding carboxylic acids is 3. The largest absolute Gasteiger partial charge is 0.390 e. The van der Waals surface area contributed by atoms with Gasteiger partial charge in [-0.25, -0.2) is 4.79 Å². The van der Waals surface area contributed by atoms with Gasteiger partial charge in [0.1, 0.15) is 17.7 Å². The summed E-state index contributed by atoms with van der Waals surface area (Å²) in [7, 11) is 0. The molecule has 2 aliphatic rings. The first-order chi connectivity index (χ1) is 12.6. The van der Waals surface area contributed by atoms with Crippen LogP contribution in [0.5, 0.6) is 0 Å². The molecule has 0 aromatic rings. The van der Waals surface area contributed by atoms with Gasteiger partial charge in [-0.3, -0.25) is 9.59 Å². The monoisotopic (exact) mass is 386 g/mol. The fourth-order valence-corrected chi connectivity index (χ4v) is 3.67. The summed E-state index contributed by atoms with van der Waals surface area (Å²) in [4.78, 5) is 35.7. The van der Waals surface area contributed by atoms with E-state index in [1.165, 1.54) is 6.92 Å². The fraction of sp³-hybridized carbons (Fsp3) is 0.824. The van der Waals surface area contributed by atoms with Crippen LogP contribution in [0.2, 0.25) is 0 Å². The van der Waals surface area contributed by atoms with Gasteiger partial charge in [0, 0.05) is 18.9 Å². The van der Waals surface area contributed by atoms with E-state index in [0.29, 0.717) is 0 Å². The second-order valence-electron chi connectivity index (χ2n) is 7.65. The molecule has 10 heteroatoms. The predicted molar refractivity (Wildman–Crippen MR) is 95.3 cm³/mol. The molecule has 0 aromatic carbocycles. The van der Waals surface area contributed by atoms with Gasteiger partial charge in [0.15, 0.2) is 0 Å². The van der Waals surface area contributed by atoms with Gasteiger partial charge in [-0.1, -0.05) is 19.3 Å². The third kappa shape index (κ3) is 5.53. The Kier molecular flexibility index (Phi) is 7.01. The second-order valence-corrected chi connectivity index (χ2v) is 7.65. The molecule has 2 saturated carbocycles. The van der Waals surface area contributed by atoms with Gasteiger partial charge in [0.05, 0.1) is 12.1 Å². The zero-order chi connectivity index (χ0) is 20.2. The van der Waals surface area contributed by atoms with Crippen LogP contribution in [0, 0.1) is 0 Å². The van der Waals surface area contributed by atoms with E-state index in [-0.39, 0.29) is 12.5 Å². The van der Waals surface area contributed by atoms with E-state index in [0.717, 1.165) is 32.1 Å². The number of hydrogen-bond donors (Lipinski definition) is 7. The molecule has 27 heavy (non-hydrogen) atoms. The molecule has 4 amide bonds. The highest BCUT2D eigenvalue weighted by atomic mass is 16.3. The SMILES string of the molecule is C[C@@H](NC(=O)[C@@]1(O)C[C@@H](O)[C@H](O)[C@@H](NC(=O)NC2CCCCC2)C1)C(N)=O. The lowest BCUT2D eigenvalue weighted by Gasteiger charge is -2.41. The molecule has 2 fully saturated rings. The van der Waals surface area contributed by atoms with E-state index in [9.17, 15) is 29.7 Å². The Labute approximate surface area is 157 Å². The van der Waals surface area contributed by atoms with Crippen molar-refractivity contribution in [3.8, 4) is 0 Å². The Hall–Kier alpha value is -1.91. The lowest BCUT2D eigenvalue weighted by molar-refractivity contribution is -0.158. The van der Waals surface area contributed by atoms with Crippen molar-refractivity contribution in [2.75, 3.05) is 0 Å². The van der Waals surface area contributed by atoms with Gasteiger partial charge in [0.2, 0.25) is 5.91 Å². The average molecular weight is 386 g/mol. The molecule has 0 aliphatic heterocycles. The molecule has 8 N–H and O–H groups in total. The van der Waals surface area contributed by atoms with E-state index < -0.39 is 54.2 Å². The Morgan fingerprint density at radius 2 is 1.70 bits per heavy atom. The smallest absolute Gasteiger partial charge is 0.315 e. The van der Waals surface area contributed by atoms with E-state index in [2.05, 4.69) is 16.0 Å². The highest BCUT2D eigenvalue weighted by Gasteiger charge is 2.49. The summed E-state index contributed by atoms with van der Waals surface area (Å²) < 4.78 is 0. The van der Waals surface area contributed by atoms with Crippen molar-refractivity contribution in [1.82, 2.24) is 16.0 Å². The van der Waals surface area contributed by atoms with Crippen LogP contribution in [0.4, 0.5) is 4.79 Å². The number of hydrogen-bond acceptors (Lipinski definition) is 6. The quantitative estimate of drug-likeness (QED) is 0.294. The van der Waals surface area contributed by atoms with Gasteiger partial charge < -0.3 is 37.0 Å². The van der Waals surface area contributed by atoms with Gasteiger partial charge in [-0.15, -0.1) is 0 Å². The summed E-state index contributed by atoms with van der Waals surface area (Å²) in [6.07, 6.45) is 1.48. The van der Waals surface area contributed by atoms with Gasteiger partial charge in [-0.2, -0.15) is 0 Å². The number of rotatable bonds is 5. The van der Waals surface area contributed by atoms with Crippen LogP contribution < -0.4 is 21.7 Å². The van der Waals surface area contributed by atoms with E-state index in [1.807, 2.05) is 0 Å². The number of aliphatic hydroxyl groups is 3. The molecule has 0 saturated heterocycles. The average Bonchev–Trinajstić information content (AvgIpc) is 2.59. The first-order valence-corrected chi connectivity index (χ1v) is 9.38.